The molecule has 0 fully saturated rings. The summed E-state index contributed by atoms with van der Waals surface area (Å²) in [4.78, 5) is 5.78. The highest BCUT2D eigenvalue weighted by molar-refractivity contribution is 7.15. The summed E-state index contributed by atoms with van der Waals surface area (Å²) in [6, 6.07) is 9.01. The van der Waals surface area contributed by atoms with Crippen LogP contribution in [0.1, 0.15) is 35.4 Å². The molecule has 0 spiro atoms. The molecule has 4 rings (SSSR count). The third-order valence-electron chi connectivity index (χ3n) is 4.50. The molecule has 3 nitrogen and oxygen atoms in total. The second-order valence-corrected chi connectivity index (χ2v) is 6.76. The predicted molar refractivity (Wildman–Crippen MR) is 89.2 cm³/mol. The molecule has 0 atom stereocenters. The molecule has 1 aromatic carbocycles. The van der Waals surface area contributed by atoms with Gasteiger partial charge in [-0.1, -0.05) is 12.1 Å². The van der Waals surface area contributed by atoms with Gasteiger partial charge in [0, 0.05) is 16.6 Å². The van der Waals surface area contributed by atoms with Gasteiger partial charge >= 0.3 is 0 Å². The number of aryl methyl sites for hydroxylation is 3. The molecule has 110 valence electrons. The van der Waals surface area contributed by atoms with E-state index in [1.807, 2.05) is 0 Å². The first-order chi connectivity index (χ1) is 10.8. The van der Waals surface area contributed by atoms with Gasteiger partial charge in [-0.2, -0.15) is 5.26 Å². The molecule has 4 heteroatoms. The van der Waals surface area contributed by atoms with Gasteiger partial charge < -0.3 is 0 Å². The fraction of sp³-hybridized carbons (Fsp3) is 0.333. The number of aromatic nitrogens is 2. The lowest BCUT2D eigenvalue weighted by molar-refractivity contribution is 0.686. The third kappa shape index (κ3) is 2.05. The lowest BCUT2D eigenvalue weighted by Gasteiger charge is -2.16. The Morgan fingerprint density at radius 1 is 1.27 bits per heavy atom. The van der Waals surface area contributed by atoms with Gasteiger partial charge in [-0.05, 0) is 49.8 Å². The fourth-order valence-corrected chi connectivity index (χ4v) is 4.30. The van der Waals surface area contributed by atoms with Crippen LogP contribution in [0.3, 0.4) is 0 Å². The van der Waals surface area contributed by atoms with Crippen molar-refractivity contribution in [2.75, 3.05) is 0 Å². The van der Waals surface area contributed by atoms with Crippen LogP contribution in [0.25, 0.3) is 16.2 Å². The average Bonchev–Trinajstić information content (AvgIpc) is 3.08. The van der Waals surface area contributed by atoms with Gasteiger partial charge in [0.15, 0.2) is 4.96 Å². The highest BCUT2D eigenvalue weighted by Gasteiger charge is 2.18. The van der Waals surface area contributed by atoms with E-state index in [0.29, 0.717) is 6.42 Å². The predicted octanol–water partition coefficient (Wildman–Crippen LogP) is 4.32. The molecule has 3 aromatic rings. The van der Waals surface area contributed by atoms with Crippen molar-refractivity contribution in [2.45, 2.75) is 39.0 Å². The van der Waals surface area contributed by atoms with Crippen molar-refractivity contribution < 1.29 is 0 Å². The Morgan fingerprint density at radius 2 is 2.09 bits per heavy atom. The van der Waals surface area contributed by atoms with Crippen LogP contribution >= 0.6 is 11.3 Å². The molecule has 0 amide bonds. The van der Waals surface area contributed by atoms with E-state index < -0.39 is 0 Å². The van der Waals surface area contributed by atoms with Crippen molar-refractivity contribution in [3.8, 4) is 17.3 Å². The lowest BCUT2D eigenvalue weighted by Crippen LogP contribution is -2.02. The van der Waals surface area contributed by atoms with E-state index in [1.54, 1.807) is 11.3 Å². The third-order valence-corrected chi connectivity index (χ3v) is 5.44. The van der Waals surface area contributed by atoms with Crippen LogP contribution in [0.2, 0.25) is 0 Å². The smallest absolute Gasteiger partial charge is 0.194 e. The number of nitrogens with zero attached hydrogens (tertiary/aromatic N) is 3. The molecule has 1 aliphatic rings. The molecule has 0 saturated heterocycles. The van der Waals surface area contributed by atoms with Crippen LogP contribution in [0, 0.1) is 18.3 Å². The number of fused-ring (bicyclic) bond motifs is 2. The van der Waals surface area contributed by atoms with Crippen LogP contribution in [0.5, 0.6) is 0 Å². The maximum absolute atomic E-state index is 9.20. The number of benzene rings is 1. The first-order valence-corrected chi connectivity index (χ1v) is 8.60. The zero-order valence-corrected chi connectivity index (χ0v) is 13.4. The normalized spacial score (nSPS) is 14.0. The molecule has 0 radical (unpaired) electrons. The first-order valence-electron chi connectivity index (χ1n) is 7.72. The van der Waals surface area contributed by atoms with Crippen LogP contribution < -0.4 is 0 Å². The molecule has 0 bridgehead atoms. The van der Waals surface area contributed by atoms with Gasteiger partial charge in [0.05, 0.1) is 23.9 Å². The summed E-state index contributed by atoms with van der Waals surface area (Å²) in [5.41, 5.74) is 7.24. The standard InChI is InChI=1S/C18H17N3S/c1-12-11-22-18-20-17(16(8-9-19)21(12)18)15-7-6-13-4-2-3-5-14(13)10-15/h6-7,10-11H,2-5,8H2,1H3. The Kier molecular flexibility index (Phi) is 3.24. The van der Waals surface area contributed by atoms with Gasteiger partial charge in [-0.3, -0.25) is 4.40 Å². The lowest BCUT2D eigenvalue weighted by atomic mass is 9.89. The van der Waals surface area contributed by atoms with Crippen molar-refractivity contribution in [2.24, 2.45) is 0 Å². The highest BCUT2D eigenvalue weighted by Crippen LogP contribution is 2.31. The molecule has 0 N–H and O–H groups in total. The second-order valence-electron chi connectivity index (χ2n) is 5.93. The van der Waals surface area contributed by atoms with Crippen LogP contribution in [0.15, 0.2) is 23.6 Å². The number of nitriles is 1. The zero-order valence-electron chi connectivity index (χ0n) is 12.6. The average molecular weight is 307 g/mol. The monoisotopic (exact) mass is 307 g/mol. The highest BCUT2D eigenvalue weighted by atomic mass is 32.1. The van der Waals surface area contributed by atoms with Crippen molar-refractivity contribution in [1.29, 1.82) is 5.26 Å². The van der Waals surface area contributed by atoms with E-state index in [0.717, 1.165) is 34.0 Å². The zero-order chi connectivity index (χ0) is 15.1. The van der Waals surface area contributed by atoms with Gasteiger partial charge in [0.2, 0.25) is 0 Å². The topological polar surface area (TPSA) is 41.1 Å². The summed E-state index contributed by atoms with van der Waals surface area (Å²) in [6.45, 7) is 2.07. The van der Waals surface area contributed by atoms with Gasteiger partial charge in [0.1, 0.15) is 0 Å². The fourth-order valence-electron chi connectivity index (χ4n) is 3.41. The first kappa shape index (κ1) is 13.5. The molecule has 2 aromatic heterocycles. The number of imidazole rings is 1. The number of thiazole rings is 1. The molecule has 0 unspecified atom stereocenters. The Balaban J connectivity index is 1.90. The minimum atomic E-state index is 0.394. The maximum Gasteiger partial charge on any atom is 0.194 e. The summed E-state index contributed by atoms with van der Waals surface area (Å²) in [7, 11) is 0. The summed E-state index contributed by atoms with van der Waals surface area (Å²) in [5, 5.41) is 11.3. The molecule has 22 heavy (non-hydrogen) atoms. The van der Waals surface area contributed by atoms with Gasteiger partial charge in [-0.25, -0.2) is 4.98 Å². The van der Waals surface area contributed by atoms with E-state index in [2.05, 4.69) is 41.0 Å². The molecular formula is C18H17N3S. The van der Waals surface area contributed by atoms with E-state index in [9.17, 15) is 5.26 Å². The quantitative estimate of drug-likeness (QED) is 0.707. The Bertz CT molecular complexity index is 895. The largest absolute Gasteiger partial charge is 0.290 e. The summed E-state index contributed by atoms with van der Waals surface area (Å²) in [6.07, 6.45) is 5.32. The van der Waals surface area contributed by atoms with Crippen molar-refractivity contribution in [1.82, 2.24) is 9.38 Å². The van der Waals surface area contributed by atoms with Crippen LogP contribution in [-0.2, 0) is 19.3 Å². The number of rotatable bonds is 2. The Labute approximate surface area is 133 Å². The Hall–Kier alpha value is -2.12. The maximum atomic E-state index is 9.20. The van der Waals surface area contributed by atoms with E-state index in [-0.39, 0.29) is 0 Å². The van der Waals surface area contributed by atoms with Crippen LogP contribution in [-0.4, -0.2) is 9.38 Å². The SMILES string of the molecule is Cc1csc2nc(-c3ccc4c(c3)CCCC4)c(CC#N)n12. The molecule has 0 aliphatic heterocycles. The van der Waals surface area contributed by atoms with Crippen molar-refractivity contribution in [3.05, 3.63) is 46.1 Å². The molecule has 0 saturated carbocycles. The van der Waals surface area contributed by atoms with Crippen molar-refractivity contribution >= 4 is 16.3 Å². The minimum Gasteiger partial charge on any atom is -0.290 e. The van der Waals surface area contributed by atoms with Gasteiger partial charge in [0.25, 0.3) is 0 Å². The molecule has 1 aliphatic carbocycles. The van der Waals surface area contributed by atoms with Gasteiger partial charge in [-0.15, -0.1) is 11.3 Å². The second kappa shape index (κ2) is 5.26. The van der Waals surface area contributed by atoms with Crippen LogP contribution in [0.4, 0.5) is 0 Å². The summed E-state index contributed by atoms with van der Waals surface area (Å²) >= 11 is 1.64. The molecule has 2 heterocycles. The summed E-state index contributed by atoms with van der Waals surface area (Å²) < 4.78 is 2.13. The number of hydrogen-bond donors (Lipinski definition) is 0. The molecular weight excluding hydrogens is 290 g/mol. The van der Waals surface area contributed by atoms with E-state index in [1.165, 1.54) is 30.4 Å². The van der Waals surface area contributed by atoms with E-state index in [4.69, 9.17) is 4.98 Å². The number of hydrogen-bond acceptors (Lipinski definition) is 3. The minimum absolute atomic E-state index is 0.394. The van der Waals surface area contributed by atoms with E-state index >= 15 is 0 Å². The van der Waals surface area contributed by atoms with Crippen molar-refractivity contribution in [3.63, 3.8) is 0 Å². The Morgan fingerprint density at radius 3 is 2.91 bits per heavy atom. The summed E-state index contributed by atoms with van der Waals surface area (Å²) in [5.74, 6) is 0.